The van der Waals surface area contributed by atoms with E-state index in [1.165, 1.54) is 15.0 Å². The standard InChI is InChI=1S/C28H41N5O7.C14H16N2O4.C12H22N2O3/c1-28(2,3)39-27(36)32-20-9-10-21(32)16-23(15-20)40-29-13-14-37-30-25(34)24-12-11-22-17-31(24)26(35)33(22)38-18-19-7-5-4-6-8-19;17-13(18)12-7-6-11-8-15(12)14(19)16(11)20-9-10-4-2-1-3-5-10;1-12(2,3)16-11(15)14-8-4-5-9(14)7-10(6-8)17-13/h4-8,20-24,29H,9-18H2,1-3H3,(H,30,34);1-5,11-12H,6-9H2,(H,17,18);8-10H,4-7,13H2,1-3H3/t20?,21?,22-,23?,24+;11-,12+;/m11./s1. The van der Waals surface area contributed by atoms with E-state index in [0.717, 1.165) is 62.5 Å². The number of amides is 7. The van der Waals surface area contributed by atoms with E-state index >= 15 is 0 Å². The molecule has 8 heterocycles. The number of carbonyl (C=O) groups is 6. The Bertz CT molecular complexity index is 2310. The van der Waals surface area contributed by atoms with Crippen molar-refractivity contribution < 1.29 is 67.5 Å². The van der Waals surface area contributed by atoms with E-state index in [1.54, 1.807) is 4.90 Å². The average molecular weight is 1080 g/mol. The van der Waals surface area contributed by atoms with Crippen LogP contribution in [0.15, 0.2) is 60.7 Å². The molecular weight excluding hydrogens is 999 g/mol. The normalized spacial score (nSPS) is 28.1. The molecule has 5 N–H and O–H groups in total. The number of ether oxygens (including phenoxy) is 2. The molecule has 2 aromatic carbocycles. The van der Waals surface area contributed by atoms with Gasteiger partial charge in [-0.05, 0) is 130 Å². The topological polar surface area (TPSA) is 257 Å². The molecule has 8 atom stereocenters. The molecule has 0 spiro atoms. The fourth-order valence-electron chi connectivity index (χ4n) is 11.7. The second-order valence-corrected chi connectivity index (χ2v) is 23.1. The van der Waals surface area contributed by atoms with Crippen molar-refractivity contribution in [1.82, 2.24) is 40.7 Å². The Labute approximate surface area is 450 Å². The molecule has 10 rings (SSSR count). The Balaban J connectivity index is 0.000000175. The molecule has 23 nitrogen and oxygen atoms in total. The number of hydroxylamine groups is 6. The van der Waals surface area contributed by atoms with Crippen LogP contribution in [0.2, 0.25) is 0 Å². The number of nitrogens with zero attached hydrogens (tertiary/aromatic N) is 6. The van der Waals surface area contributed by atoms with Crippen LogP contribution in [-0.2, 0) is 56.5 Å². The first kappa shape index (κ1) is 57.4. The van der Waals surface area contributed by atoms with Crippen LogP contribution in [0.5, 0.6) is 0 Å². The fourth-order valence-corrected chi connectivity index (χ4v) is 11.7. The number of urea groups is 2. The quantitative estimate of drug-likeness (QED) is 0.115. The van der Waals surface area contributed by atoms with Gasteiger partial charge in [0.05, 0.1) is 30.9 Å². The van der Waals surface area contributed by atoms with Crippen LogP contribution >= 0.6 is 0 Å². The molecule has 8 fully saturated rings. The molecular formula is C54H79N9O14. The van der Waals surface area contributed by atoms with E-state index < -0.39 is 29.3 Å². The zero-order chi connectivity index (χ0) is 55.0. The summed E-state index contributed by atoms with van der Waals surface area (Å²) in [4.78, 5) is 108. The number of carbonyl (C=O) groups excluding carboxylic acids is 5. The average Bonchev–Trinajstić information content (AvgIpc) is 4.02. The highest BCUT2D eigenvalue weighted by Gasteiger charge is 2.50. The molecule has 8 aliphatic heterocycles. The highest BCUT2D eigenvalue weighted by molar-refractivity contribution is 5.88. The van der Waals surface area contributed by atoms with Gasteiger partial charge in [-0.3, -0.25) is 24.1 Å². The predicted molar refractivity (Wildman–Crippen MR) is 276 cm³/mol. The molecule has 424 valence electrons. The molecule has 8 bridgehead atoms. The summed E-state index contributed by atoms with van der Waals surface area (Å²) < 4.78 is 11.0. The van der Waals surface area contributed by atoms with Gasteiger partial charge in [0, 0.05) is 43.8 Å². The fraction of sp³-hybridized carbons (Fsp3) is 0.667. The minimum absolute atomic E-state index is 0.00537. The van der Waals surface area contributed by atoms with Crippen LogP contribution < -0.4 is 16.9 Å². The summed E-state index contributed by atoms with van der Waals surface area (Å²) in [5.74, 6) is 3.96. The molecule has 0 radical (unpaired) electrons. The summed E-state index contributed by atoms with van der Waals surface area (Å²) in [5, 5.41) is 11.9. The van der Waals surface area contributed by atoms with Gasteiger partial charge in [0.25, 0.3) is 5.91 Å². The summed E-state index contributed by atoms with van der Waals surface area (Å²) in [6.07, 6.45) is 9.14. The van der Waals surface area contributed by atoms with Crippen molar-refractivity contribution in [3.63, 3.8) is 0 Å². The van der Waals surface area contributed by atoms with E-state index in [0.29, 0.717) is 58.5 Å². The Morgan fingerprint density at radius 3 is 1.44 bits per heavy atom. The number of hydrogen-bond acceptors (Lipinski definition) is 15. The van der Waals surface area contributed by atoms with Gasteiger partial charge < -0.3 is 39.0 Å². The number of rotatable bonds is 15. The van der Waals surface area contributed by atoms with Gasteiger partial charge in [-0.15, -0.1) is 0 Å². The molecule has 23 heteroatoms. The molecule has 8 saturated heterocycles. The first-order valence-electron chi connectivity index (χ1n) is 27.2. The molecule has 77 heavy (non-hydrogen) atoms. The third-order valence-corrected chi connectivity index (χ3v) is 15.2. The Morgan fingerprint density at radius 2 is 1.01 bits per heavy atom. The van der Waals surface area contributed by atoms with Crippen molar-refractivity contribution in [3.8, 4) is 0 Å². The number of fused-ring (bicyclic) bond motifs is 8. The first-order chi connectivity index (χ1) is 36.8. The van der Waals surface area contributed by atoms with Crippen molar-refractivity contribution in [2.45, 2.75) is 204 Å². The summed E-state index contributed by atoms with van der Waals surface area (Å²) >= 11 is 0. The lowest BCUT2D eigenvalue weighted by Gasteiger charge is -2.39. The maximum Gasteiger partial charge on any atom is 0.410 e. The number of nitrogens with two attached hydrogens (primary N) is 1. The molecule has 0 aromatic heterocycles. The second kappa shape index (κ2) is 25.3. The summed E-state index contributed by atoms with van der Waals surface area (Å²) in [6.45, 7) is 13.4. The van der Waals surface area contributed by atoms with Crippen LogP contribution in [0.4, 0.5) is 19.2 Å². The van der Waals surface area contributed by atoms with Crippen LogP contribution in [0.25, 0.3) is 0 Å². The third-order valence-electron chi connectivity index (χ3n) is 15.2. The Hall–Kier alpha value is -5.82. The van der Waals surface area contributed by atoms with Crippen molar-refractivity contribution in [2.75, 3.05) is 26.2 Å². The zero-order valence-electron chi connectivity index (χ0n) is 45.3. The van der Waals surface area contributed by atoms with Crippen LogP contribution in [-0.4, -0.2) is 169 Å². The lowest BCUT2D eigenvalue weighted by atomic mass is 10.0. The predicted octanol–water partition coefficient (Wildman–Crippen LogP) is 6.16. The molecule has 7 amide bonds. The number of piperidine rings is 4. The van der Waals surface area contributed by atoms with E-state index in [4.69, 9.17) is 44.7 Å². The van der Waals surface area contributed by atoms with Crippen molar-refractivity contribution in [2.24, 2.45) is 5.90 Å². The van der Waals surface area contributed by atoms with Crippen LogP contribution in [0, 0.1) is 0 Å². The van der Waals surface area contributed by atoms with Gasteiger partial charge in [0.1, 0.15) is 36.5 Å². The van der Waals surface area contributed by atoms with Gasteiger partial charge in [-0.2, -0.15) is 15.6 Å². The van der Waals surface area contributed by atoms with Gasteiger partial charge in [0.2, 0.25) is 0 Å². The minimum atomic E-state index is -0.943. The number of carboxylic acid groups (broad SMARTS) is 1. The van der Waals surface area contributed by atoms with Gasteiger partial charge in [-0.1, -0.05) is 60.7 Å². The summed E-state index contributed by atoms with van der Waals surface area (Å²) in [7, 11) is 0. The number of hydrogen-bond donors (Lipinski definition) is 4. The highest BCUT2D eigenvalue weighted by atomic mass is 16.7. The first-order valence-corrected chi connectivity index (χ1v) is 27.2. The third kappa shape index (κ3) is 14.7. The van der Waals surface area contributed by atoms with Crippen LogP contribution in [0.1, 0.15) is 130 Å². The maximum atomic E-state index is 12.9. The number of carboxylic acids is 1. The van der Waals surface area contributed by atoms with Crippen LogP contribution in [0.3, 0.4) is 0 Å². The Kier molecular flexibility index (Phi) is 18.9. The second-order valence-electron chi connectivity index (χ2n) is 23.1. The number of aliphatic carboxylic acids is 1. The van der Waals surface area contributed by atoms with Crippen molar-refractivity contribution in [1.29, 1.82) is 0 Å². The lowest BCUT2D eigenvalue weighted by Crippen LogP contribution is -2.51. The van der Waals surface area contributed by atoms with E-state index in [2.05, 4.69) is 11.0 Å². The number of benzene rings is 2. The Morgan fingerprint density at radius 1 is 0.597 bits per heavy atom. The summed E-state index contributed by atoms with van der Waals surface area (Å²) in [6, 6.07) is 17.9. The highest BCUT2D eigenvalue weighted by Crippen LogP contribution is 2.39. The van der Waals surface area contributed by atoms with Gasteiger partial charge >= 0.3 is 30.2 Å². The smallest absolute Gasteiger partial charge is 0.410 e. The van der Waals surface area contributed by atoms with Crippen molar-refractivity contribution >= 4 is 36.1 Å². The monoisotopic (exact) mass is 1080 g/mol. The molecule has 2 aromatic rings. The SMILES string of the molecule is CC(C)(C)OC(=O)N1C2CCC1CC(ON)C2.CC(C)(C)OC(=O)N1C2CCC1CC(ONCCONC(=O)[C@@H]1CC[C@@H]3CN1C(=O)N3OCc1ccccc1)C2.O=C(O)[C@@H]1CC[C@@H]2CN1C(=O)N2OCc1ccccc1. The maximum absolute atomic E-state index is 12.9. The van der Waals surface area contributed by atoms with E-state index in [9.17, 15) is 28.8 Å². The van der Waals surface area contributed by atoms with Gasteiger partial charge in [-0.25, -0.2) is 35.3 Å². The largest absolute Gasteiger partial charge is 0.480 e. The van der Waals surface area contributed by atoms with E-state index in [1.807, 2.05) is 112 Å². The van der Waals surface area contributed by atoms with Crippen molar-refractivity contribution in [3.05, 3.63) is 71.8 Å². The number of nitrogens with one attached hydrogen (secondary N) is 2. The molecule has 0 saturated carbocycles. The summed E-state index contributed by atoms with van der Waals surface area (Å²) in [5.41, 5.74) is 6.42. The zero-order valence-corrected chi connectivity index (χ0v) is 45.3. The van der Waals surface area contributed by atoms with Gasteiger partial charge in [0.15, 0.2) is 0 Å². The minimum Gasteiger partial charge on any atom is -0.480 e. The lowest BCUT2D eigenvalue weighted by molar-refractivity contribution is -0.143. The molecule has 8 aliphatic rings. The molecule has 0 aliphatic carbocycles. The molecule has 4 unspecified atom stereocenters. The van der Waals surface area contributed by atoms with E-state index in [-0.39, 0.29) is 85.2 Å².